The summed E-state index contributed by atoms with van der Waals surface area (Å²) in [4.78, 5) is 8.20. The molecular formula is C16H16F3N3O2S. The van der Waals surface area contributed by atoms with Crippen molar-refractivity contribution in [3.63, 3.8) is 0 Å². The summed E-state index contributed by atoms with van der Waals surface area (Å²) in [5.41, 5.74) is 0.942. The normalized spacial score (nSPS) is 15.3. The molecule has 0 unspecified atom stereocenters. The molecule has 0 saturated heterocycles. The quantitative estimate of drug-likeness (QED) is 0.847. The summed E-state index contributed by atoms with van der Waals surface area (Å²) >= 11 is 0. The van der Waals surface area contributed by atoms with Crippen LogP contribution in [-0.4, -0.2) is 18.4 Å². The fourth-order valence-corrected chi connectivity index (χ4v) is 3.46. The Bertz CT molecular complexity index is 848. The molecule has 0 radical (unpaired) electrons. The molecule has 1 heterocycles. The Morgan fingerprint density at radius 3 is 2.40 bits per heavy atom. The molecule has 3 rings (SSSR count). The highest BCUT2D eigenvalue weighted by molar-refractivity contribution is 7.88. The maximum Gasteiger partial charge on any atom is 0.416 e. The van der Waals surface area contributed by atoms with Gasteiger partial charge in [0.15, 0.2) is 0 Å². The van der Waals surface area contributed by atoms with Crippen LogP contribution in [0.4, 0.5) is 13.2 Å². The van der Waals surface area contributed by atoms with E-state index in [9.17, 15) is 21.6 Å². The Balaban J connectivity index is 1.61. The first-order chi connectivity index (χ1) is 11.7. The van der Waals surface area contributed by atoms with E-state index in [1.165, 1.54) is 6.33 Å². The number of hydrogen-bond acceptors (Lipinski definition) is 4. The molecule has 2 aromatic rings. The first-order valence-electron chi connectivity index (χ1n) is 7.67. The molecule has 25 heavy (non-hydrogen) atoms. The molecule has 1 aliphatic rings. The standard InChI is InChI=1S/C16H16F3N3O2S/c17-16(18,19)13-5-1-11(2-6-13)9-25(23,24)22-8-14-7-15(12-3-4-12)21-10-20-14/h1-2,5-7,10,12,22H,3-4,8-9H2. The molecule has 134 valence electrons. The van der Waals surface area contributed by atoms with Gasteiger partial charge in [0.1, 0.15) is 6.33 Å². The summed E-state index contributed by atoms with van der Waals surface area (Å²) in [5, 5.41) is 0. The van der Waals surface area contributed by atoms with Crippen molar-refractivity contribution in [1.29, 1.82) is 0 Å². The van der Waals surface area contributed by atoms with Crippen LogP contribution in [0.25, 0.3) is 0 Å². The van der Waals surface area contributed by atoms with Gasteiger partial charge in [-0.3, -0.25) is 0 Å². The van der Waals surface area contributed by atoms with E-state index in [0.29, 0.717) is 11.6 Å². The van der Waals surface area contributed by atoms with Gasteiger partial charge in [-0.1, -0.05) is 12.1 Å². The molecule has 0 atom stereocenters. The van der Waals surface area contributed by atoms with Crippen molar-refractivity contribution in [3.8, 4) is 0 Å². The van der Waals surface area contributed by atoms with Gasteiger partial charge in [0, 0.05) is 11.6 Å². The fourth-order valence-electron chi connectivity index (χ4n) is 2.36. The number of nitrogens with one attached hydrogen (secondary N) is 1. The van der Waals surface area contributed by atoms with Gasteiger partial charge < -0.3 is 0 Å². The third-order valence-corrected chi connectivity index (χ3v) is 5.15. The number of sulfonamides is 1. The van der Waals surface area contributed by atoms with E-state index in [2.05, 4.69) is 14.7 Å². The molecule has 1 aromatic heterocycles. The highest BCUT2D eigenvalue weighted by atomic mass is 32.2. The van der Waals surface area contributed by atoms with Gasteiger partial charge in [0.25, 0.3) is 0 Å². The molecule has 1 aromatic carbocycles. The third-order valence-electron chi connectivity index (χ3n) is 3.85. The lowest BCUT2D eigenvalue weighted by Gasteiger charge is -2.09. The molecule has 1 aliphatic carbocycles. The maximum atomic E-state index is 12.5. The van der Waals surface area contributed by atoms with Crippen LogP contribution in [0.1, 0.15) is 41.3 Å². The van der Waals surface area contributed by atoms with Crippen LogP contribution >= 0.6 is 0 Å². The van der Waals surface area contributed by atoms with Crippen LogP contribution < -0.4 is 4.72 Å². The van der Waals surface area contributed by atoms with E-state index in [0.717, 1.165) is 42.8 Å². The number of aromatic nitrogens is 2. The zero-order chi connectivity index (χ0) is 18.1. The minimum absolute atomic E-state index is 0.0191. The summed E-state index contributed by atoms with van der Waals surface area (Å²) in [7, 11) is -3.69. The minimum atomic E-state index is -4.44. The Kier molecular flexibility index (Phi) is 4.79. The molecule has 1 fully saturated rings. The molecule has 0 bridgehead atoms. The molecule has 5 nitrogen and oxygen atoms in total. The van der Waals surface area contributed by atoms with E-state index in [-0.39, 0.29) is 12.1 Å². The zero-order valence-corrected chi connectivity index (χ0v) is 13.9. The van der Waals surface area contributed by atoms with Crippen molar-refractivity contribution < 1.29 is 21.6 Å². The van der Waals surface area contributed by atoms with Crippen molar-refractivity contribution >= 4 is 10.0 Å². The second-order valence-corrected chi connectivity index (χ2v) is 7.79. The highest BCUT2D eigenvalue weighted by Crippen LogP contribution is 2.38. The second-order valence-electron chi connectivity index (χ2n) is 5.98. The minimum Gasteiger partial charge on any atom is -0.241 e. The van der Waals surface area contributed by atoms with Gasteiger partial charge in [-0.15, -0.1) is 0 Å². The number of halogens is 3. The third kappa shape index (κ3) is 4.99. The van der Waals surface area contributed by atoms with Crippen LogP contribution in [0.15, 0.2) is 36.7 Å². The van der Waals surface area contributed by atoms with Crippen molar-refractivity contribution in [1.82, 2.24) is 14.7 Å². The van der Waals surface area contributed by atoms with Gasteiger partial charge in [-0.05, 0) is 36.6 Å². The second kappa shape index (κ2) is 6.72. The number of alkyl halides is 3. The Morgan fingerprint density at radius 1 is 1.12 bits per heavy atom. The fraction of sp³-hybridized carbons (Fsp3) is 0.375. The Morgan fingerprint density at radius 2 is 1.80 bits per heavy atom. The topological polar surface area (TPSA) is 72.0 Å². The average molecular weight is 371 g/mol. The Labute approximate surface area is 143 Å². The molecule has 0 amide bonds. The molecule has 9 heteroatoms. The molecule has 0 aliphatic heterocycles. The van der Waals surface area contributed by atoms with Gasteiger partial charge in [0.05, 0.1) is 23.6 Å². The lowest BCUT2D eigenvalue weighted by molar-refractivity contribution is -0.137. The Hall–Kier alpha value is -2.00. The van der Waals surface area contributed by atoms with E-state index in [4.69, 9.17) is 0 Å². The van der Waals surface area contributed by atoms with Crippen LogP contribution in [-0.2, 0) is 28.5 Å². The van der Waals surface area contributed by atoms with E-state index >= 15 is 0 Å². The zero-order valence-electron chi connectivity index (χ0n) is 13.1. The average Bonchev–Trinajstić information content (AvgIpc) is 3.38. The molecule has 1 saturated carbocycles. The lowest BCUT2D eigenvalue weighted by Crippen LogP contribution is -2.25. The van der Waals surface area contributed by atoms with Gasteiger partial charge >= 0.3 is 6.18 Å². The first kappa shape index (κ1) is 17.8. The van der Waals surface area contributed by atoms with Crippen LogP contribution in [0, 0.1) is 0 Å². The van der Waals surface area contributed by atoms with Crippen LogP contribution in [0.2, 0.25) is 0 Å². The summed E-state index contributed by atoms with van der Waals surface area (Å²) < 4.78 is 64.2. The summed E-state index contributed by atoms with van der Waals surface area (Å²) in [6, 6.07) is 5.85. The van der Waals surface area contributed by atoms with Crippen LogP contribution in [0.5, 0.6) is 0 Å². The largest absolute Gasteiger partial charge is 0.416 e. The number of rotatable bonds is 6. The monoisotopic (exact) mass is 371 g/mol. The summed E-state index contributed by atoms with van der Waals surface area (Å²) in [5.74, 6) is 0.0385. The summed E-state index contributed by atoms with van der Waals surface area (Å²) in [6.07, 6.45) is -0.874. The van der Waals surface area contributed by atoms with Crippen molar-refractivity contribution in [2.24, 2.45) is 0 Å². The van der Waals surface area contributed by atoms with Crippen LogP contribution in [0.3, 0.4) is 0 Å². The molecular weight excluding hydrogens is 355 g/mol. The van der Waals surface area contributed by atoms with Gasteiger partial charge in [-0.25, -0.2) is 23.1 Å². The maximum absolute atomic E-state index is 12.5. The van der Waals surface area contributed by atoms with Crippen molar-refractivity contribution in [3.05, 3.63) is 59.2 Å². The van der Waals surface area contributed by atoms with E-state index in [1.54, 1.807) is 6.07 Å². The number of benzene rings is 1. The van der Waals surface area contributed by atoms with Gasteiger partial charge in [-0.2, -0.15) is 13.2 Å². The van der Waals surface area contributed by atoms with Crippen molar-refractivity contribution in [2.75, 3.05) is 0 Å². The SMILES string of the molecule is O=S(=O)(Cc1ccc(C(F)(F)F)cc1)NCc1cc(C2CC2)ncn1. The smallest absolute Gasteiger partial charge is 0.241 e. The predicted octanol–water partition coefficient (Wildman–Crippen LogP) is 2.99. The number of nitrogens with zero attached hydrogens (tertiary/aromatic N) is 2. The first-order valence-corrected chi connectivity index (χ1v) is 9.32. The molecule has 1 N–H and O–H groups in total. The van der Waals surface area contributed by atoms with Gasteiger partial charge in [0.2, 0.25) is 10.0 Å². The number of hydrogen-bond donors (Lipinski definition) is 1. The summed E-state index contributed by atoms with van der Waals surface area (Å²) in [6.45, 7) is 0.0191. The molecule has 0 spiro atoms. The lowest BCUT2D eigenvalue weighted by atomic mass is 10.1. The highest BCUT2D eigenvalue weighted by Gasteiger charge is 2.30. The van der Waals surface area contributed by atoms with E-state index < -0.39 is 27.5 Å². The predicted molar refractivity (Wildman–Crippen MR) is 84.9 cm³/mol. The van der Waals surface area contributed by atoms with Crippen molar-refractivity contribution in [2.45, 2.75) is 37.2 Å². The van der Waals surface area contributed by atoms with E-state index in [1.807, 2.05) is 0 Å².